The van der Waals surface area contributed by atoms with Crippen LogP contribution in [0.2, 0.25) is 0 Å². The molecule has 2 heterocycles. The topological polar surface area (TPSA) is 87.3 Å². The molecule has 0 spiro atoms. The van der Waals surface area contributed by atoms with Crippen molar-refractivity contribution >= 4 is 21.8 Å². The molecule has 6 heteroatoms. The molecule has 4 rings (SSSR count). The van der Waals surface area contributed by atoms with Gasteiger partial charge in [0.25, 0.3) is 0 Å². The highest BCUT2D eigenvalue weighted by Gasteiger charge is 2.04. The van der Waals surface area contributed by atoms with Gasteiger partial charge in [0.2, 0.25) is 0 Å². The Morgan fingerprint density at radius 1 is 0.806 bits per heavy atom. The summed E-state index contributed by atoms with van der Waals surface area (Å²) in [5.41, 5.74) is 4.88. The van der Waals surface area contributed by atoms with E-state index >= 15 is 0 Å². The molecule has 4 aromatic rings. The van der Waals surface area contributed by atoms with Gasteiger partial charge in [-0.05, 0) is 41.1 Å². The van der Waals surface area contributed by atoms with E-state index in [4.69, 9.17) is 10.2 Å². The van der Waals surface area contributed by atoms with Crippen molar-refractivity contribution < 1.29 is 10.2 Å². The first-order valence-corrected chi connectivity index (χ1v) is 10.9. The van der Waals surface area contributed by atoms with Crippen molar-refractivity contribution in [3.05, 3.63) is 72.1 Å². The lowest BCUT2D eigenvalue weighted by Gasteiger charge is -2.15. The van der Waals surface area contributed by atoms with Crippen molar-refractivity contribution in [1.29, 1.82) is 0 Å². The maximum atomic E-state index is 8.84. The van der Waals surface area contributed by atoms with Gasteiger partial charge in [0.05, 0.1) is 13.2 Å². The zero-order valence-corrected chi connectivity index (χ0v) is 18.9. The van der Waals surface area contributed by atoms with E-state index < -0.39 is 0 Å². The van der Waals surface area contributed by atoms with Gasteiger partial charge in [0.1, 0.15) is 0 Å². The lowest BCUT2D eigenvalue weighted by molar-refractivity contribution is 0.217. The van der Waals surface area contributed by atoms with Crippen LogP contribution in [0.3, 0.4) is 0 Å². The molecule has 0 atom stereocenters. The molecule has 168 valence electrons. The fourth-order valence-electron chi connectivity index (χ4n) is 3.42. The first-order chi connectivity index (χ1) is 15.2. The quantitative estimate of drug-likeness (QED) is 0.278. The van der Waals surface area contributed by atoms with Gasteiger partial charge in [-0.3, -0.25) is 4.90 Å². The Kier molecular flexibility index (Phi) is 10.8. The molecule has 0 fully saturated rings. The van der Waals surface area contributed by atoms with E-state index in [2.05, 4.69) is 62.6 Å². The third-order valence-corrected chi connectivity index (χ3v) is 4.87. The van der Waals surface area contributed by atoms with Crippen molar-refractivity contribution in [2.45, 2.75) is 26.9 Å². The van der Waals surface area contributed by atoms with Crippen molar-refractivity contribution in [1.82, 2.24) is 20.2 Å². The molecule has 31 heavy (non-hydrogen) atoms. The van der Waals surface area contributed by atoms with Gasteiger partial charge in [-0.25, -0.2) is 0 Å². The Labute approximate surface area is 184 Å². The van der Waals surface area contributed by atoms with Gasteiger partial charge >= 0.3 is 0 Å². The Balaban J connectivity index is 0.000000204. The molecule has 0 aliphatic carbocycles. The maximum absolute atomic E-state index is 8.84. The minimum absolute atomic E-state index is 0.181. The zero-order chi connectivity index (χ0) is 22.5. The van der Waals surface area contributed by atoms with Crippen LogP contribution in [0.1, 0.15) is 25.0 Å². The molecule has 0 radical (unpaired) electrons. The number of likely N-dealkylation sites (N-methyl/N-ethyl adjacent to an activating group) is 1. The summed E-state index contributed by atoms with van der Waals surface area (Å²) in [6.45, 7) is 7.38. The highest BCUT2D eigenvalue weighted by Crippen LogP contribution is 2.18. The number of nitrogens with zero attached hydrogens (tertiary/aromatic N) is 1. The molecule has 5 N–H and O–H groups in total. The number of aromatic nitrogens is 2. The van der Waals surface area contributed by atoms with Crippen LogP contribution in [-0.2, 0) is 13.1 Å². The summed E-state index contributed by atoms with van der Waals surface area (Å²) < 4.78 is 0. The monoisotopic (exact) mass is 424 g/mol. The lowest BCUT2D eigenvalue weighted by atomic mass is 10.1. The maximum Gasteiger partial charge on any atom is 0.0558 e. The molecule has 2 aromatic carbocycles. The predicted octanol–water partition coefficient (Wildman–Crippen LogP) is 3.87. The van der Waals surface area contributed by atoms with Crippen LogP contribution in [0.4, 0.5) is 0 Å². The van der Waals surface area contributed by atoms with Crippen LogP contribution >= 0.6 is 0 Å². The molecule has 0 aliphatic heterocycles. The van der Waals surface area contributed by atoms with E-state index in [9.17, 15) is 0 Å². The summed E-state index contributed by atoms with van der Waals surface area (Å²) in [6, 6.07) is 16.6. The van der Waals surface area contributed by atoms with Crippen LogP contribution in [0.5, 0.6) is 0 Å². The number of aliphatic hydroxyl groups excluding tert-OH is 2. The highest BCUT2D eigenvalue weighted by atomic mass is 16.3. The fourth-order valence-corrected chi connectivity index (χ4v) is 3.42. The summed E-state index contributed by atoms with van der Waals surface area (Å²) in [7, 11) is 2.01. The number of aliphatic hydroxyl groups is 2. The third-order valence-electron chi connectivity index (χ3n) is 4.87. The molecule has 0 saturated carbocycles. The highest BCUT2D eigenvalue weighted by molar-refractivity contribution is 5.83. The third kappa shape index (κ3) is 7.22. The summed E-state index contributed by atoms with van der Waals surface area (Å²) in [5.74, 6) is 0. The first-order valence-electron chi connectivity index (χ1n) is 10.9. The number of rotatable bonds is 8. The fraction of sp³-hybridized carbons (Fsp3) is 0.360. The molecule has 0 unspecified atom stereocenters. The molecular formula is C25H36N4O2. The standard InChI is InChI=1S/C12H16N2O.C11H14N2O.C2H6/c1-14(7-8-15)9-11-4-2-3-10-5-6-13-12(10)11;14-7-6-12-8-10-3-1-2-9-4-5-13-11(9)10;1-2/h2-6,13,15H,7-9H2,1H3;1-5,12-14H,6-8H2;1-2H3. The van der Waals surface area contributed by atoms with Crippen LogP contribution in [-0.4, -0.2) is 58.4 Å². The number of H-pyrrole nitrogens is 2. The predicted molar refractivity (Wildman–Crippen MR) is 130 cm³/mol. The van der Waals surface area contributed by atoms with Gasteiger partial charge in [0.15, 0.2) is 0 Å². The van der Waals surface area contributed by atoms with Gasteiger partial charge < -0.3 is 25.5 Å². The number of para-hydroxylation sites is 2. The SMILES string of the molecule is CC.CN(CCO)Cc1cccc2cc[nH]c12.OCCNCc1cccc2cc[nH]c12. The van der Waals surface area contributed by atoms with Crippen LogP contribution in [0, 0.1) is 0 Å². The second kappa shape index (κ2) is 13.6. The van der Waals surface area contributed by atoms with Crippen molar-refractivity contribution in [2.24, 2.45) is 0 Å². The van der Waals surface area contributed by atoms with Gasteiger partial charge in [-0.2, -0.15) is 0 Å². The average Bonchev–Trinajstić information content (AvgIpc) is 3.46. The first kappa shape index (κ1) is 24.6. The van der Waals surface area contributed by atoms with E-state index in [0.717, 1.165) is 13.1 Å². The normalized spacial score (nSPS) is 10.6. The molecule has 0 saturated heterocycles. The summed E-state index contributed by atoms with van der Waals surface area (Å²) >= 11 is 0. The van der Waals surface area contributed by atoms with Gasteiger partial charge in [-0.1, -0.05) is 50.2 Å². The molecule has 0 aliphatic rings. The minimum atomic E-state index is 0.181. The van der Waals surface area contributed by atoms with E-state index in [0.29, 0.717) is 13.1 Å². The Morgan fingerprint density at radius 2 is 1.39 bits per heavy atom. The van der Waals surface area contributed by atoms with Crippen molar-refractivity contribution in [3.8, 4) is 0 Å². The van der Waals surface area contributed by atoms with Gasteiger partial charge in [-0.15, -0.1) is 0 Å². The van der Waals surface area contributed by atoms with E-state index in [1.54, 1.807) is 0 Å². The second-order valence-corrected chi connectivity index (χ2v) is 7.08. The number of hydrogen-bond donors (Lipinski definition) is 5. The number of benzene rings is 2. The Morgan fingerprint density at radius 3 is 1.97 bits per heavy atom. The summed E-state index contributed by atoms with van der Waals surface area (Å²) in [6.07, 6.45) is 3.90. The number of hydrogen-bond acceptors (Lipinski definition) is 4. The second-order valence-electron chi connectivity index (χ2n) is 7.08. The molecular weight excluding hydrogens is 388 g/mol. The van der Waals surface area contributed by atoms with Gasteiger partial charge in [0, 0.05) is 49.6 Å². The number of aromatic amines is 2. The van der Waals surface area contributed by atoms with Crippen LogP contribution < -0.4 is 5.32 Å². The minimum Gasteiger partial charge on any atom is -0.395 e. The Hall–Kier alpha value is -2.64. The van der Waals surface area contributed by atoms with Crippen molar-refractivity contribution in [2.75, 3.05) is 33.4 Å². The lowest BCUT2D eigenvalue weighted by Crippen LogP contribution is -2.21. The van der Waals surface area contributed by atoms with E-state index in [1.807, 2.05) is 39.4 Å². The smallest absolute Gasteiger partial charge is 0.0558 e. The average molecular weight is 425 g/mol. The molecule has 2 aromatic heterocycles. The number of nitrogens with one attached hydrogen (secondary N) is 3. The van der Waals surface area contributed by atoms with E-state index in [1.165, 1.54) is 32.9 Å². The largest absolute Gasteiger partial charge is 0.395 e. The molecule has 0 bridgehead atoms. The van der Waals surface area contributed by atoms with Crippen molar-refractivity contribution in [3.63, 3.8) is 0 Å². The molecule has 0 amide bonds. The molecule has 6 nitrogen and oxygen atoms in total. The summed E-state index contributed by atoms with van der Waals surface area (Å²) in [4.78, 5) is 8.57. The number of fused-ring (bicyclic) bond motifs is 2. The Bertz CT molecular complexity index is 1010. The van der Waals surface area contributed by atoms with Crippen LogP contribution in [0.15, 0.2) is 60.9 Å². The van der Waals surface area contributed by atoms with Crippen LogP contribution in [0.25, 0.3) is 21.8 Å². The summed E-state index contributed by atoms with van der Waals surface area (Å²) in [5, 5.41) is 23.1. The van der Waals surface area contributed by atoms with E-state index in [-0.39, 0.29) is 13.2 Å². The zero-order valence-electron chi connectivity index (χ0n) is 18.9.